The van der Waals surface area contributed by atoms with Gasteiger partial charge in [-0.15, -0.1) is 0 Å². The highest BCUT2D eigenvalue weighted by Crippen LogP contribution is 2.11. The molecule has 0 N–H and O–H groups in total. The minimum atomic E-state index is 0.892. The summed E-state index contributed by atoms with van der Waals surface area (Å²) in [6, 6.07) is 1.94. The normalized spacial score (nSPS) is 10.5. The fraction of sp³-hybridized carbons (Fsp3) is 0.222. The maximum atomic E-state index is 4.30. The molecule has 0 fully saturated rings. The zero-order chi connectivity index (χ0) is 8.55. The fourth-order valence-electron chi connectivity index (χ4n) is 1.28. The molecule has 0 amide bonds. The van der Waals surface area contributed by atoms with Crippen LogP contribution >= 0.6 is 0 Å². The minimum Gasteiger partial charge on any atom is -0.256 e. The third-order valence-electron chi connectivity index (χ3n) is 1.76. The van der Waals surface area contributed by atoms with E-state index in [9.17, 15) is 0 Å². The van der Waals surface area contributed by atoms with E-state index in [2.05, 4.69) is 15.0 Å². The van der Waals surface area contributed by atoms with Crippen LogP contribution in [-0.2, 0) is 0 Å². The van der Waals surface area contributed by atoms with E-state index in [1.807, 2.05) is 19.9 Å². The Bertz CT molecular complexity index is 423. The summed E-state index contributed by atoms with van der Waals surface area (Å²) < 4.78 is 0. The molecule has 0 atom stereocenters. The second kappa shape index (κ2) is 2.52. The zero-order valence-corrected chi connectivity index (χ0v) is 7.07. The monoisotopic (exact) mass is 159 g/mol. The Morgan fingerprint density at radius 1 is 1.08 bits per heavy atom. The van der Waals surface area contributed by atoms with Crippen LogP contribution in [0, 0.1) is 13.8 Å². The standard InChI is InChI=1S/C9H9N3/c1-6-5-8-9(7(2)12-6)11-4-3-10-8/h3-5H,1-2H3. The molecule has 0 spiro atoms. The molecule has 0 bridgehead atoms. The number of rotatable bonds is 0. The molecule has 3 nitrogen and oxygen atoms in total. The average molecular weight is 159 g/mol. The van der Waals surface area contributed by atoms with Gasteiger partial charge in [-0.3, -0.25) is 15.0 Å². The molecule has 2 aromatic heterocycles. The maximum absolute atomic E-state index is 4.30. The van der Waals surface area contributed by atoms with Gasteiger partial charge in [-0.05, 0) is 19.9 Å². The maximum Gasteiger partial charge on any atom is 0.110 e. The van der Waals surface area contributed by atoms with Crippen LogP contribution in [0.1, 0.15) is 11.4 Å². The van der Waals surface area contributed by atoms with E-state index in [0.717, 1.165) is 22.4 Å². The van der Waals surface area contributed by atoms with Gasteiger partial charge >= 0.3 is 0 Å². The van der Waals surface area contributed by atoms with Gasteiger partial charge in [0.05, 0.1) is 11.2 Å². The van der Waals surface area contributed by atoms with Crippen LogP contribution in [0.2, 0.25) is 0 Å². The number of pyridine rings is 1. The quantitative estimate of drug-likeness (QED) is 0.586. The SMILES string of the molecule is Cc1cc2nccnc2c(C)n1. The second-order valence-electron chi connectivity index (χ2n) is 2.77. The van der Waals surface area contributed by atoms with Crippen LogP contribution in [0.4, 0.5) is 0 Å². The summed E-state index contributed by atoms with van der Waals surface area (Å²) in [5, 5.41) is 0. The number of aromatic nitrogens is 3. The van der Waals surface area contributed by atoms with Gasteiger partial charge in [0.25, 0.3) is 0 Å². The molecule has 0 radical (unpaired) electrons. The van der Waals surface area contributed by atoms with Gasteiger partial charge in [0.15, 0.2) is 0 Å². The molecule has 0 aliphatic rings. The summed E-state index contributed by atoms with van der Waals surface area (Å²) in [5.74, 6) is 0. The largest absolute Gasteiger partial charge is 0.256 e. The van der Waals surface area contributed by atoms with E-state index < -0.39 is 0 Å². The fourth-order valence-corrected chi connectivity index (χ4v) is 1.28. The van der Waals surface area contributed by atoms with Crippen molar-refractivity contribution in [2.45, 2.75) is 13.8 Å². The Kier molecular flexibility index (Phi) is 1.50. The first-order valence-corrected chi connectivity index (χ1v) is 3.82. The molecule has 60 valence electrons. The summed E-state index contributed by atoms with van der Waals surface area (Å²) >= 11 is 0. The van der Waals surface area contributed by atoms with Gasteiger partial charge in [0.2, 0.25) is 0 Å². The Morgan fingerprint density at radius 2 is 1.83 bits per heavy atom. The van der Waals surface area contributed by atoms with Gasteiger partial charge < -0.3 is 0 Å². The summed E-state index contributed by atoms with van der Waals surface area (Å²) in [4.78, 5) is 12.7. The van der Waals surface area contributed by atoms with Crippen LogP contribution in [-0.4, -0.2) is 15.0 Å². The van der Waals surface area contributed by atoms with Crippen LogP contribution < -0.4 is 0 Å². The predicted molar refractivity (Wildman–Crippen MR) is 46.8 cm³/mol. The van der Waals surface area contributed by atoms with Crippen LogP contribution in [0.3, 0.4) is 0 Å². The van der Waals surface area contributed by atoms with Gasteiger partial charge in [0, 0.05) is 18.1 Å². The first-order valence-electron chi connectivity index (χ1n) is 3.82. The van der Waals surface area contributed by atoms with E-state index in [-0.39, 0.29) is 0 Å². The summed E-state index contributed by atoms with van der Waals surface area (Å²) in [7, 11) is 0. The molecule has 0 unspecified atom stereocenters. The molecule has 12 heavy (non-hydrogen) atoms. The Hall–Kier alpha value is -1.51. The van der Waals surface area contributed by atoms with Crippen molar-refractivity contribution in [1.29, 1.82) is 0 Å². The molecule has 2 heterocycles. The average Bonchev–Trinajstić information content (AvgIpc) is 2.04. The van der Waals surface area contributed by atoms with E-state index in [4.69, 9.17) is 0 Å². The van der Waals surface area contributed by atoms with Crippen molar-refractivity contribution in [2.24, 2.45) is 0 Å². The number of nitrogens with zero attached hydrogens (tertiary/aromatic N) is 3. The van der Waals surface area contributed by atoms with Gasteiger partial charge in [0.1, 0.15) is 5.52 Å². The molecular formula is C9H9N3. The highest BCUT2D eigenvalue weighted by Gasteiger charge is 2.00. The topological polar surface area (TPSA) is 38.7 Å². The van der Waals surface area contributed by atoms with Crippen molar-refractivity contribution in [3.05, 3.63) is 29.8 Å². The van der Waals surface area contributed by atoms with Crippen molar-refractivity contribution in [1.82, 2.24) is 15.0 Å². The molecule has 0 saturated carbocycles. The molecule has 3 heteroatoms. The van der Waals surface area contributed by atoms with E-state index in [1.165, 1.54) is 0 Å². The van der Waals surface area contributed by atoms with Crippen LogP contribution in [0.5, 0.6) is 0 Å². The minimum absolute atomic E-state index is 0.892. The first-order chi connectivity index (χ1) is 5.77. The van der Waals surface area contributed by atoms with Crippen molar-refractivity contribution in [3.8, 4) is 0 Å². The lowest BCUT2D eigenvalue weighted by molar-refractivity contribution is 1.12. The Balaban J connectivity index is 2.89. The van der Waals surface area contributed by atoms with Gasteiger partial charge in [-0.1, -0.05) is 0 Å². The van der Waals surface area contributed by atoms with E-state index in [1.54, 1.807) is 12.4 Å². The number of hydrogen-bond acceptors (Lipinski definition) is 3. The molecule has 2 rings (SSSR count). The van der Waals surface area contributed by atoms with Crippen molar-refractivity contribution < 1.29 is 0 Å². The molecule has 0 aromatic carbocycles. The van der Waals surface area contributed by atoms with Crippen molar-refractivity contribution in [2.75, 3.05) is 0 Å². The molecule has 0 saturated heterocycles. The molecular weight excluding hydrogens is 150 g/mol. The Labute approximate surface area is 70.5 Å². The lowest BCUT2D eigenvalue weighted by Crippen LogP contribution is -1.91. The number of aryl methyl sites for hydroxylation is 2. The summed E-state index contributed by atoms with van der Waals surface area (Å²) in [5.41, 5.74) is 3.74. The number of fused-ring (bicyclic) bond motifs is 1. The molecule has 2 aromatic rings. The molecule has 0 aliphatic carbocycles. The highest BCUT2D eigenvalue weighted by atomic mass is 14.8. The zero-order valence-electron chi connectivity index (χ0n) is 7.07. The first kappa shape index (κ1) is 7.16. The number of hydrogen-bond donors (Lipinski definition) is 0. The van der Waals surface area contributed by atoms with Crippen LogP contribution in [0.25, 0.3) is 11.0 Å². The lowest BCUT2D eigenvalue weighted by atomic mass is 10.2. The smallest absolute Gasteiger partial charge is 0.110 e. The highest BCUT2D eigenvalue weighted by molar-refractivity contribution is 5.76. The van der Waals surface area contributed by atoms with Crippen LogP contribution in [0.15, 0.2) is 18.5 Å². The lowest BCUT2D eigenvalue weighted by Gasteiger charge is -1.99. The van der Waals surface area contributed by atoms with E-state index in [0.29, 0.717) is 0 Å². The van der Waals surface area contributed by atoms with E-state index >= 15 is 0 Å². The second-order valence-corrected chi connectivity index (χ2v) is 2.77. The Morgan fingerprint density at radius 3 is 2.67 bits per heavy atom. The summed E-state index contributed by atoms with van der Waals surface area (Å²) in [6.07, 6.45) is 3.38. The van der Waals surface area contributed by atoms with Crippen molar-refractivity contribution >= 4 is 11.0 Å². The molecule has 0 aliphatic heterocycles. The van der Waals surface area contributed by atoms with Gasteiger partial charge in [-0.2, -0.15) is 0 Å². The third-order valence-corrected chi connectivity index (χ3v) is 1.76. The van der Waals surface area contributed by atoms with Gasteiger partial charge in [-0.25, -0.2) is 0 Å². The summed E-state index contributed by atoms with van der Waals surface area (Å²) in [6.45, 7) is 3.91. The predicted octanol–water partition coefficient (Wildman–Crippen LogP) is 1.64. The third kappa shape index (κ3) is 1.03. The van der Waals surface area contributed by atoms with Crippen molar-refractivity contribution in [3.63, 3.8) is 0 Å².